The van der Waals surface area contributed by atoms with Crippen molar-refractivity contribution in [3.63, 3.8) is 0 Å². The van der Waals surface area contributed by atoms with E-state index in [1.165, 1.54) is 6.92 Å². The summed E-state index contributed by atoms with van der Waals surface area (Å²) in [5.74, 6) is 4.38. The summed E-state index contributed by atoms with van der Waals surface area (Å²) < 4.78 is 22.0. The van der Waals surface area contributed by atoms with Crippen molar-refractivity contribution in [3.8, 4) is 11.8 Å². The monoisotopic (exact) mass is 102 g/mol. The van der Waals surface area contributed by atoms with E-state index in [9.17, 15) is 8.78 Å². The highest BCUT2D eigenvalue weighted by Crippen LogP contribution is 1.92. The fourth-order valence-corrected chi connectivity index (χ4v) is 0.127. The zero-order valence-corrected chi connectivity index (χ0v) is 3.83. The standard InChI is InChI=1S/C5H4F2/c1-2-3-4-5(6)7/h4H,1H3. The lowest BCUT2D eigenvalue weighted by atomic mass is 10.6. The second-order valence-corrected chi connectivity index (χ2v) is 0.828. The first-order valence-corrected chi connectivity index (χ1v) is 1.71. The maximum absolute atomic E-state index is 11.0. The molecule has 0 aromatic heterocycles. The first-order chi connectivity index (χ1) is 3.27. The average molecular weight is 102 g/mol. The molecule has 0 saturated heterocycles. The number of hydrogen-bond donors (Lipinski definition) is 0. The third-order valence-corrected chi connectivity index (χ3v) is 0.326. The van der Waals surface area contributed by atoms with Crippen molar-refractivity contribution in [2.75, 3.05) is 0 Å². The van der Waals surface area contributed by atoms with Gasteiger partial charge in [-0.1, -0.05) is 5.92 Å². The first-order valence-electron chi connectivity index (χ1n) is 1.71. The smallest absolute Gasteiger partial charge is 0.173 e. The quantitative estimate of drug-likeness (QED) is 0.409. The number of hydrogen-bond acceptors (Lipinski definition) is 0. The minimum Gasteiger partial charge on any atom is -0.173 e. The van der Waals surface area contributed by atoms with Crippen LogP contribution in [0, 0.1) is 11.8 Å². The minimum absolute atomic E-state index is 0.569. The molecule has 0 spiro atoms. The molecule has 0 fully saturated rings. The van der Waals surface area contributed by atoms with E-state index >= 15 is 0 Å². The van der Waals surface area contributed by atoms with Crippen LogP contribution >= 0.6 is 0 Å². The molecule has 0 unspecified atom stereocenters. The van der Waals surface area contributed by atoms with Crippen molar-refractivity contribution in [2.24, 2.45) is 0 Å². The Labute approximate surface area is 40.8 Å². The first kappa shape index (κ1) is 6.16. The lowest BCUT2D eigenvalue weighted by molar-refractivity contribution is 0.422. The van der Waals surface area contributed by atoms with E-state index in [2.05, 4.69) is 11.8 Å². The van der Waals surface area contributed by atoms with Gasteiger partial charge in [0.05, 0.1) is 6.08 Å². The van der Waals surface area contributed by atoms with Gasteiger partial charge in [-0.3, -0.25) is 0 Å². The van der Waals surface area contributed by atoms with Gasteiger partial charge in [-0.2, -0.15) is 8.78 Å². The Bertz CT molecular complexity index is 121. The van der Waals surface area contributed by atoms with Gasteiger partial charge in [0, 0.05) is 0 Å². The van der Waals surface area contributed by atoms with Crippen LogP contribution in [-0.4, -0.2) is 0 Å². The van der Waals surface area contributed by atoms with Crippen LogP contribution in [-0.2, 0) is 0 Å². The highest BCUT2D eigenvalue weighted by atomic mass is 19.3. The molecule has 0 heterocycles. The molecule has 0 atom stereocenters. The number of halogens is 2. The van der Waals surface area contributed by atoms with Crippen molar-refractivity contribution in [3.05, 3.63) is 12.2 Å². The van der Waals surface area contributed by atoms with Gasteiger partial charge in [0.15, 0.2) is 0 Å². The van der Waals surface area contributed by atoms with Gasteiger partial charge in [-0.15, -0.1) is 5.92 Å². The third-order valence-electron chi connectivity index (χ3n) is 0.326. The fourth-order valence-electron chi connectivity index (χ4n) is 0.127. The summed E-state index contributed by atoms with van der Waals surface area (Å²) >= 11 is 0. The largest absolute Gasteiger partial charge is 0.278 e. The Kier molecular flexibility index (Phi) is 2.95. The van der Waals surface area contributed by atoms with Crippen LogP contribution in [0.3, 0.4) is 0 Å². The fraction of sp³-hybridized carbons (Fsp3) is 0.200. The molecule has 0 aliphatic rings. The Morgan fingerprint density at radius 3 is 2.29 bits per heavy atom. The normalized spacial score (nSPS) is 6.14. The molecular formula is C5H4F2. The molecule has 0 aromatic carbocycles. The molecule has 38 valence electrons. The van der Waals surface area contributed by atoms with E-state index in [4.69, 9.17) is 0 Å². The SMILES string of the molecule is CC#CC=C(F)F. The molecule has 0 aliphatic carbocycles. The molecule has 0 rings (SSSR count). The van der Waals surface area contributed by atoms with Crippen molar-refractivity contribution in [1.82, 2.24) is 0 Å². The van der Waals surface area contributed by atoms with E-state index in [1.54, 1.807) is 0 Å². The summed E-state index contributed by atoms with van der Waals surface area (Å²) in [6.45, 7) is 1.50. The maximum Gasteiger partial charge on any atom is 0.278 e. The molecule has 0 aromatic rings. The zero-order valence-electron chi connectivity index (χ0n) is 3.83. The molecule has 2 heteroatoms. The second kappa shape index (κ2) is 3.35. The summed E-state index contributed by atoms with van der Waals surface area (Å²) in [5.41, 5.74) is 0. The van der Waals surface area contributed by atoms with Gasteiger partial charge in [0.1, 0.15) is 0 Å². The summed E-state index contributed by atoms with van der Waals surface area (Å²) in [6, 6.07) is 0. The molecule has 0 bridgehead atoms. The van der Waals surface area contributed by atoms with Crippen LogP contribution in [0.1, 0.15) is 6.92 Å². The van der Waals surface area contributed by atoms with Gasteiger partial charge >= 0.3 is 0 Å². The molecular weight excluding hydrogens is 98.1 g/mol. The Morgan fingerprint density at radius 1 is 1.57 bits per heavy atom. The summed E-state index contributed by atoms with van der Waals surface area (Å²) in [5, 5.41) is 0. The summed E-state index contributed by atoms with van der Waals surface area (Å²) in [7, 11) is 0. The highest BCUT2D eigenvalue weighted by Gasteiger charge is 1.77. The van der Waals surface area contributed by atoms with E-state index in [0.29, 0.717) is 6.08 Å². The van der Waals surface area contributed by atoms with Crippen LogP contribution < -0.4 is 0 Å². The van der Waals surface area contributed by atoms with Crippen LogP contribution in [0.25, 0.3) is 0 Å². The van der Waals surface area contributed by atoms with E-state index in [-0.39, 0.29) is 0 Å². The number of rotatable bonds is 0. The summed E-state index contributed by atoms with van der Waals surface area (Å²) in [6.07, 6.45) is -1.17. The molecule has 0 saturated carbocycles. The van der Waals surface area contributed by atoms with Crippen molar-refractivity contribution >= 4 is 0 Å². The van der Waals surface area contributed by atoms with Crippen LogP contribution in [0.2, 0.25) is 0 Å². The van der Waals surface area contributed by atoms with Gasteiger partial charge in [-0.05, 0) is 6.92 Å². The van der Waals surface area contributed by atoms with Crippen molar-refractivity contribution in [2.45, 2.75) is 6.92 Å². The Balaban J connectivity index is 3.61. The van der Waals surface area contributed by atoms with Crippen molar-refractivity contribution < 1.29 is 8.78 Å². The van der Waals surface area contributed by atoms with Gasteiger partial charge in [0.2, 0.25) is 0 Å². The molecule has 0 radical (unpaired) electrons. The van der Waals surface area contributed by atoms with Crippen LogP contribution in [0.5, 0.6) is 0 Å². The number of allylic oxidation sites excluding steroid dienone is 1. The average Bonchev–Trinajstić information content (AvgIpc) is 1.61. The molecule has 0 aliphatic heterocycles. The molecule has 0 amide bonds. The molecule has 0 nitrogen and oxygen atoms in total. The lowest BCUT2D eigenvalue weighted by Gasteiger charge is -1.65. The van der Waals surface area contributed by atoms with E-state index in [0.717, 1.165) is 0 Å². The topological polar surface area (TPSA) is 0 Å². The van der Waals surface area contributed by atoms with Crippen molar-refractivity contribution in [1.29, 1.82) is 0 Å². The highest BCUT2D eigenvalue weighted by molar-refractivity contribution is 5.13. The van der Waals surface area contributed by atoms with Gasteiger partial charge in [0.25, 0.3) is 6.08 Å². The van der Waals surface area contributed by atoms with Crippen LogP contribution in [0.15, 0.2) is 12.2 Å². The second-order valence-electron chi connectivity index (χ2n) is 0.828. The Hall–Kier alpha value is -0.840. The minimum atomic E-state index is -1.74. The van der Waals surface area contributed by atoms with E-state index in [1.807, 2.05) is 0 Å². The van der Waals surface area contributed by atoms with Gasteiger partial charge < -0.3 is 0 Å². The molecule has 7 heavy (non-hydrogen) atoms. The van der Waals surface area contributed by atoms with Gasteiger partial charge in [-0.25, -0.2) is 0 Å². The molecule has 0 N–H and O–H groups in total. The zero-order chi connectivity index (χ0) is 5.70. The Morgan fingerprint density at radius 2 is 2.14 bits per heavy atom. The predicted molar refractivity (Wildman–Crippen MR) is 23.7 cm³/mol. The third kappa shape index (κ3) is 5.16. The van der Waals surface area contributed by atoms with Crippen LogP contribution in [0.4, 0.5) is 8.78 Å². The van der Waals surface area contributed by atoms with E-state index < -0.39 is 6.08 Å². The predicted octanol–water partition coefficient (Wildman–Crippen LogP) is 1.79. The maximum atomic E-state index is 11.0. The summed E-state index contributed by atoms with van der Waals surface area (Å²) in [4.78, 5) is 0. The lowest BCUT2D eigenvalue weighted by Crippen LogP contribution is -1.51.